The molecular formula is C28H25F4N7O2. The van der Waals surface area contributed by atoms with E-state index in [1.807, 2.05) is 54.2 Å². The minimum Gasteiger partial charge on any atom is -0.475 e. The van der Waals surface area contributed by atoms with Crippen LogP contribution >= 0.6 is 0 Å². The van der Waals surface area contributed by atoms with Gasteiger partial charge >= 0.3 is 12.1 Å². The topological polar surface area (TPSA) is 111 Å². The van der Waals surface area contributed by atoms with Crippen LogP contribution in [-0.4, -0.2) is 46.8 Å². The molecule has 0 amide bonds. The van der Waals surface area contributed by atoms with Crippen LogP contribution < -0.4 is 5.32 Å². The molecule has 0 saturated heterocycles. The molecule has 212 valence electrons. The number of nitrogens with zero attached hydrogens (tertiary/aromatic N) is 6. The van der Waals surface area contributed by atoms with Crippen LogP contribution in [0.1, 0.15) is 25.7 Å². The van der Waals surface area contributed by atoms with Crippen LogP contribution in [0.3, 0.4) is 0 Å². The van der Waals surface area contributed by atoms with Gasteiger partial charge in [0.05, 0.1) is 17.6 Å². The second-order valence-corrected chi connectivity index (χ2v) is 9.09. The van der Waals surface area contributed by atoms with Crippen LogP contribution in [0.15, 0.2) is 79.4 Å². The first-order valence-corrected chi connectivity index (χ1v) is 12.3. The van der Waals surface area contributed by atoms with E-state index in [1.165, 1.54) is 12.1 Å². The minimum absolute atomic E-state index is 0.153. The molecule has 0 aliphatic carbocycles. The molecule has 0 aliphatic rings. The van der Waals surface area contributed by atoms with Gasteiger partial charge in [-0.25, -0.2) is 23.8 Å². The van der Waals surface area contributed by atoms with Crippen LogP contribution in [0, 0.1) is 12.7 Å². The third kappa shape index (κ3) is 7.12. The Balaban J connectivity index is 0.000000493. The number of alkyl halides is 3. The van der Waals surface area contributed by atoms with Gasteiger partial charge in [0.25, 0.3) is 0 Å². The van der Waals surface area contributed by atoms with Gasteiger partial charge in [0, 0.05) is 29.1 Å². The van der Waals surface area contributed by atoms with E-state index >= 15 is 0 Å². The zero-order chi connectivity index (χ0) is 29.7. The standard InChI is InChI=1S/C26H24FN7.C2HF3O2/c1-17(2)34-26(19-4-6-21(27)7-5-19)24(15-30-34)20-12-13-28-25(14-20)31-22-8-10-23(11-9-22)33-16-29-18(3)32-33;3-2(4,5)1(6)7/h4-17H,1-3H3,(H,28,31);(H,6,7). The number of carboxylic acid groups (broad SMARTS) is 1. The summed E-state index contributed by atoms with van der Waals surface area (Å²) in [6.07, 6.45) is 0.233. The van der Waals surface area contributed by atoms with Gasteiger partial charge in [-0.2, -0.15) is 23.4 Å². The van der Waals surface area contributed by atoms with Crippen LogP contribution in [-0.2, 0) is 4.79 Å². The maximum atomic E-state index is 13.5. The number of rotatable bonds is 6. The second-order valence-electron chi connectivity index (χ2n) is 9.09. The lowest BCUT2D eigenvalue weighted by Crippen LogP contribution is -2.21. The third-order valence-electron chi connectivity index (χ3n) is 5.73. The molecule has 41 heavy (non-hydrogen) atoms. The van der Waals surface area contributed by atoms with E-state index in [0.29, 0.717) is 5.82 Å². The molecule has 0 unspecified atom stereocenters. The van der Waals surface area contributed by atoms with Gasteiger partial charge in [-0.05, 0) is 87.0 Å². The smallest absolute Gasteiger partial charge is 0.475 e. The Morgan fingerprint density at radius 1 is 0.976 bits per heavy atom. The number of carbonyl (C=O) groups is 1. The van der Waals surface area contributed by atoms with E-state index in [1.54, 1.807) is 29.3 Å². The normalized spacial score (nSPS) is 11.2. The zero-order valence-corrected chi connectivity index (χ0v) is 22.1. The predicted molar refractivity (Wildman–Crippen MR) is 144 cm³/mol. The summed E-state index contributed by atoms with van der Waals surface area (Å²) < 4.78 is 49.0. The maximum absolute atomic E-state index is 13.5. The van der Waals surface area contributed by atoms with Crippen molar-refractivity contribution in [2.75, 3.05) is 5.32 Å². The summed E-state index contributed by atoms with van der Waals surface area (Å²) in [5.41, 5.74) is 5.62. The van der Waals surface area contributed by atoms with Crippen molar-refractivity contribution in [3.63, 3.8) is 0 Å². The Morgan fingerprint density at radius 3 is 2.20 bits per heavy atom. The van der Waals surface area contributed by atoms with E-state index in [0.717, 1.165) is 39.6 Å². The van der Waals surface area contributed by atoms with Crippen molar-refractivity contribution in [3.05, 3.63) is 91.0 Å². The lowest BCUT2D eigenvalue weighted by Gasteiger charge is -2.14. The van der Waals surface area contributed by atoms with Crippen LogP contribution in [0.5, 0.6) is 0 Å². The average molecular weight is 568 g/mol. The number of benzene rings is 2. The highest BCUT2D eigenvalue weighted by Crippen LogP contribution is 2.35. The Morgan fingerprint density at radius 2 is 1.63 bits per heavy atom. The summed E-state index contributed by atoms with van der Waals surface area (Å²) in [5.74, 6) is -1.58. The summed E-state index contributed by atoms with van der Waals surface area (Å²) >= 11 is 0. The molecule has 2 aromatic carbocycles. The molecule has 0 radical (unpaired) electrons. The van der Waals surface area contributed by atoms with Gasteiger partial charge in [0.1, 0.15) is 23.8 Å². The molecule has 0 aliphatic heterocycles. The quantitative estimate of drug-likeness (QED) is 0.223. The Hall–Kier alpha value is -5.07. The summed E-state index contributed by atoms with van der Waals surface area (Å²) in [5, 5.41) is 19.4. The second kappa shape index (κ2) is 12.0. The number of aliphatic carboxylic acids is 1. The Bertz CT molecular complexity index is 1630. The van der Waals surface area contributed by atoms with Crippen molar-refractivity contribution in [1.29, 1.82) is 0 Å². The summed E-state index contributed by atoms with van der Waals surface area (Å²) in [6, 6.07) is 18.5. The summed E-state index contributed by atoms with van der Waals surface area (Å²) in [6.45, 7) is 6.01. The number of aryl methyl sites for hydroxylation is 1. The molecule has 0 bridgehead atoms. The van der Waals surface area contributed by atoms with Gasteiger partial charge in [-0.1, -0.05) is 0 Å². The van der Waals surface area contributed by atoms with Crippen molar-refractivity contribution in [2.24, 2.45) is 0 Å². The van der Waals surface area contributed by atoms with Gasteiger partial charge in [-0.15, -0.1) is 0 Å². The van der Waals surface area contributed by atoms with E-state index < -0.39 is 12.1 Å². The fourth-order valence-corrected chi connectivity index (χ4v) is 3.84. The number of hydrogen-bond donors (Lipinski definition) is 2. The van der Waals surface area contributed by atoms with E-state index in [9.17, 15) is 17.6 Å². The summed E-state index contributed by atoms with van der Waals surface area (Å²) in [7, 11) is 0. The fraction of sp³-hybridized carbons (Fsp3) is 0.179. The van der Waals surface area contributed by atoms with Crippen molar-refractivity contribution in [3.8, 4) is 28.1 Å². The SMILES string of the molecule is Cc1ncn(-c2ccc(Nc3cc(-c4cnn(C(C)C)c4-c4ccc(F)cc4)ccn3)cc2)n1.O=C(O)C(F)(F)F. The average Bonchev–Trinajstić information content (AvgIpc) is 3.57. The molecule has 3 aromatic heterocycles. The first-order chi connectivity index (χ1) is 19.4. The molecule has 5 rings (SSSR count). The van der Waals surface area contributed by atoms with Crippen molar-refractivity contribution in [1.82, 2.24) is 29.5 Å². The molecule has 0 spiro atoms. The molecular weight excluding hydrogens is 542 g/mol. The van der Waals surface area contributed by atoms with Gasteiger partial charge < -0.3 is 10.4 Å². The first kappa shape index (κ1) is 28.9. The molecule has 5 aromatic rings. The Kier molecular flexibility index (Phi) is 8.45. The van der Waals surface area contributed by atoms with Crippen LogP contribution in [0.2, 0.25) is 0 Å². The molecule has 9 nitrogen and oxygen atoms in total. The fourth-order valence-electron chi connectivity index (χ4n) is 3.84. The largest absolute Gasteiger partial charge is 0.490 e. The minimum atomic E-state index is -5.08. The molecule has 0 fully saturated rings. The number of hydrogen-bond acceptors (Lipinski definition) is 6. The Labute approximate surface area is 232 Å². The number of aromatic nitrogens is 6. The van der Waals surface area contributed by atoms with E-state index in [-0.39, 0.29) is 11.9 Å². The van der Waals surface area contributed by atoms with Crippen LogP contribution in [0.4, 0.5) is 29.1 Å². The molecule has 3 heterocycles. The highest BCUT2D eigenvalue weighted by Gasteiger charge is 2.38. The number of halogens is 4. The molecule has 0 saturated carbocycles. The highest BCUT2D eigenvalue weighted by molar-refractivity contribution is 5.82. The summed E-state index contributed by atoms with van der Waals surface area (Å²) in [4.78, 5) is 17.5. The predicted octanol–water partition coefficient (Wildman–Crippen LogP) is 6.60. The van der Waals surface area contributed by atoms with Gasteiger partial charge in [0.15, 0.2) is 0 Å². The van der Waals surface area contributed by atoms with Crippen molar-refractivity contribution in [2.45, 2.75) is 33.0 Å². The molecule has 2 N–H and O–H groups in total. The monoisotopic (exact) mass is 567 g/mol. The highest BCUT2D eigenvalue weighted by atomic mass is 19.4. The molecule has 0 atom stereocenters. The number of nitrogens with one attached hydrogen (secondary N) is 1. The number of pyridine rings is 1. The van der Waals surface area contributed by atoms with Crippen LogP contribution in [0.25, 0.3) is 28.1 Å². The lowest BCUT2D eigenvalue weighted by molar-refractivity contribution is -0.192. The van der Waals surface area contributed by atoms with Gasteiger partial charge in [0.2, 0.25) is 0 Å². The number of anilines is 2. The van der Waals surface area contributed by atoms with Gasteiger partial charge in [-0.3, -0.25) is 4.68 Å². The van der Waals surface area contributed by atoms with E-state index in [2.05, 4.69) is 39.3 Å². The number of carboxylic acids is 1. The maximum Gasteiger partial charge on any atom is 0.490 e. The lowest BCUT2D eigenvalue weighted by atomic mass is 10.0. The van der Waals surface area contributed by atoms with Crippen molar-refractivity contribution < 1.29 is 27.5 Å². The zero-order valence-electron chi connectivity index (χ0n) is 22.1. The molecule has 13 heteroatoms. The first-order valence-electron chi connectivity index (χ1n) is 12.3. The van der Waals surface area contributed by atoms with Crippen molar-refractivity contribution >= 4 is 17.5 Å². The third-order valence-corrected chi connectivity index (χ3v) is 5.73. The van der Waals surface area contributed by atoms with E-state index in [4.69, 9.17) is 9.90 Å².